The molecule has 1 aromatic carbocycles. The van der Waals surface area contributed by atoms with Crippen LogP contribution in [0.3, 0.4) is 0 Å². The van der Waals surface area contributed by atoms with Crippen LogP contribution in [0.15, 0.2) is 24.3 Å². The molecule has 4 nitrogen and oxygen atoms in total. The van der Waals surface area contributed by atoms with E-state index in [9.17, 15) is 4.79 Å². The summed E-state index contributed by atoms with van der Waals surface area (Å²) in [5.41, 5.74) is 6.75. The third-order valence-corrected chi connectivity index (χ3v) is 3.69. The van der Waals surface area contributed by atoms with E-state index in [4.69, 9.17) is 10.5 Å². The lowest BCUT2D eigenvalue weighted by Gasteiger charge is -2.17. The van der Waals surface area contributed by atoms with E-state index in [1.165, 1.54) is 0 Å². The molecule has 1 aliphatic carbocycles. The Morgan fingerprint density at radius 1 is 1.40 bits per heavy atom. The van der Waals surface area contributed by atoms with E-state index in [0.29, 0.717) is 18.1 Å². The van der Waals surface area contributed by atoms with Crippen LogP contribution in [0, 0.1) is 5.92 Å². The van der Waals surface area contributed by atoms with Crippen LogP contribution in [0.4, 0.5) is 5.69 Å². The minimum absolute atomic E-state index is 0.0205. The zero-order valence-electron chi connectivity index (χ0n) is 12.3. The maximum absolute atomic E-state index is 12.1. The molecular formula is C16H24N2O2. The number of carbonyl (C=O) groups excluding carboxylic acids is 1. The van der Waals surface area contributed by atoms with Gasteiger partial charge >= 0.3 is 0 Å². The first kappa shape index (κ1) is 14.9. The van der Waals surface area contributed by atoms with Crippen molar-refractivity contribution in [2.75, 3.05) is 5.32 Å². The lowest BCUT2D eigenvalue weighted by atomic mass is 10.00. The minimum Gasteiger partial charge on any atom is -0.489 e. The van der Waals surface area contributed by atoms with Gasteiger partial charge in [-0.1, -0.05) is 18.6 Å². The molecule has 3 N–H and O–H groups in total. The van der Waals surface area contributed by atoms with Gasteiger partial charge < -0.3 is 15.8 Å². The molecule has 4 heteroatoms. The Morgan fingerprint density at radius 2 is 2.15 bits per heavy atom. The van der Waals surface area contributed by atoms with Crippen LogP contribution in [0.25, 0.3) is 0 Å². The largest absolute Gasteiger partial charge is 0.489 e. The summed E-state index contributed by atoms with van der Waals surface area (Å²) in [6.45, 7) is 3.94. The molecule has 1 fully saturated rings. The van der Waals surface area contributed by atoms with Gasteiger partial charge in [0.2, 0.25) is 5.91 Å². The topological polar surface area (TPSA) is 64.3 Å². The Balaban J connectivity index is 1.97. The van der Waals surface area contributed by atoms with Crippen molar-refractivity contribution in [2.24, 2.45) is 11.7 Å². The number of anilines is 1. The van der Waals surface area contributed by atoms with Gasteiger partial charge in [0.15, 0.2) is 0 Å². The Morgan fingerprint density at radius 3 is 2.80 bits per heavy atom. The van der Waals surface area contributed by atoms with E-state index in [1.807, 2.05) is 38.1 Å². The van der Waals surface area contributed by atoms with Crippen molar-refractivity contribution in [3.05, 3.63) is 24.3 Å². The number of ether oxygens (including phenoxy) is 1. The zero-order valence-corrected chi connectivity index (χ0v) is 12.3. The average Bonchev–Trinajstić information content (AvgIpc) is 2.77. The molecule has 0 spiro atoms. The minimum atomic E-state index is 0.0205. The molecule has 0 heterocycles. The number of nitrogens with two attached hydrogens (primary N) is 1. The third-order valence-electron chi connectivity index (χ3n) is 3.69. The molecule has 1 saturated carbocycles. The number of para-hydroxylation sites is 2. The van der Waals surface area contributed by atoms with E-state index in [0.717, 1.165) is 24.9 Å². The van der Waals surface area contributed by atoms with Crippen LogP contribution < -0.4 is 15.8 Å². The van der Waals surface area contributed by atoms with E-state index >= 15 is 0 Å². The van der Waals surface area contributed by atoms with Gasteiger partial charge in [0.05, 0.1) is 11.8 Å². The molecule has 0 aromatic heterocycles. The normalized spacial score (nSPS) is 22.0. The smallest absolute Gasteiger partial charge is 0.224 e. The van der Waals surface area contributed by atoms with Gasteiger partial charge in [-0.2, -0.15) is 0 Å². The summed E-state index contributed by atoms with van der Waals surface area (Å²) in [5, 5.41) is 2.94. The van der Waals surface area contributed by atoms with Gasteiger partial charge in [0.1, 0.15) is 5.75 Å². The first-order valence-corrected chi connectivity index (χ1v) is 7.37. The van der Waals surface area contributed by atoms with E-state index in [2.05, 4.69) is 5.32 Å². The molecule has 2 atom stereocenters. The molecule has 1 aromatic rings. The predicted octanol–water partition coefficient (Wildman–Crippen LogP) is 2.93. The fraction of sp³-hybridized carbons (Fsp3) is 0.562. The highest BCUT2D eigenvalue weighted by Gasteiger charge is 2.26. The second kappa shape index (κ2) is 6.75. The van der Waals surface area contributed by atoms with E-state index in [1.54, 1.807) is 0 Å². The molecule has 2 rings (SSSR count). The summed E-state index contributed by atoms with van der Waals surface area (Å²) < 4.78 is 5.70. The standard InChI is InChI=1S/C16H24N2O2/c1-11(2)20-15-9-4-3-8-14(15)18-16(19)10-12-6-5-7-13(12)17/h3-4,8-9,11-13H,5-7,10,17H2,1-2H3,(H,18,19)/t12-,13+/m0/s1. The molecule has 0 radical (unpaired) electrons. The number of benzene rings is 1. The van der Waals surface area contributed by atoms with E-state index in [-0.39, 0.29) is 18.1 Å². The maximum atomic E-state index is 12.1. The van der Waals surface area contributed by atoms with Gasteiger partial charge in [-0.05, 0) is 44.7 Å². The Hall–Kier alpha value is -1.55. The van der Waals surface area contributed by atoms with Crippen LogP contribution >= 0.6 is 0 Å². The average molecular weight is 276 g/mol. The number of hydrogen-bond acceptors (Lipinski definition) is 3. The Kier molecular flexibility index (Phi) is 5.01. The van der Waals surface area contributed by atoms with Gasteiger partial charge in [-0.3, -0.25) is 4.79 Å². The quantitative estimate of drug-likeness (QED) is 0.869. The fourth-order valence-electron chi connectivity index (χ4n) is 2.68. The predicted molar refractivity (Wildman–Crippen MR) is 80.8 cm³/mol. The monoisotopic (exact) mass is 276 g/mol. The van der Waals surface area contributed by atoms with Crippen molar-refractivity contribution in [1.29, 1.82) is 0 Å². The second-order valence-corrected chi connectivity index (χ2v) is 5.77. The number of hydrogen-bond donors (Lipinski definition) is 2. The highest BCUT2D eigenvalue weighted by atomic mass is 16.5. The first-order valence-electron chi connectivity index (χ1n) is 7.37. The van der Waals surface area contributed by atoms with Crippen LogP contribution in [0.2, 0.25) is 0 Å². The van der Waals surface area contributed by atoms with Gasteiger partial charge in [-0.25, -0.2) is 0 Å². The summed E-state index contributed by atoms with van der Waals surface area (Å²) in [4.78, 5) is 12.1. The number of carbonyl (C=O) groups is 1. The molecule has 20 heavy (non-hydrogen) atoms. The van der Waals surface area contributed by atoms with Crippen molar-refractivity contribution >= 4 is 11.6 Å². The number of nitrogens with one attached hydrogen (secondary N) is 1. The highest BCUT2D eigenvalue weighted by Crippen LogP contribution is 2.29. The molecular weight excluding hydrogens is 252 g/mol. The number of rotatable bonds is 5. The second-order valence-electron chi connectivity index (χ2n) is 5.77. The van der Waals surface area contributed by atoms with Crippen molar-refractivity contribution < 1.29 is 9.53 Å². The first-order chi connectivity index (χ1) is 9.56. The van der Waals surface area contributed by atoms with Crippen LogP contribution in [0.5, 0.6) is 5.75 Å². The summed E-state index contributed by atoms with van der Waals surface area (Å²) in [7, 11) is 0. The molecule has 110 valence electrons. The highest BCUT2D eigenvalue weighted by molar-refractivity contribution is 5.92. The molecule has 0 aliphatic heterocycles. The van der Waals surface area contributed by atoms with Crippen molar-refractivity contribution in [2.45, 2.75) is 51.7 Å². The van der Waals surface area contributed by atoms with Crippen molar-refractivity contribution in [1.82, 2.24) is 0 Å². The SMILES string of the molecule is CC(C)Oc1ccccc1NC(=O)C[C@@H]1CCC[C@H]1N. The molecule has 0 bridgehead atoms. The van der Waals surface area contributed by atoms with Crippen LogP contribution in [-0.4, -0.2) is 18.1 Å². The Bertz CT molecular complexity index is 460. The van der Waals surface area contributed by atoms with Gasteiger partial charge in [0, 0.05) is 12.5 Å². The molecule has 0 saturated heterocycles. The number of amides is 1. The van der Waals surface area contributed by atoms with Crippen LogP contribution in [0.1, 0.15) is 39.5 Å². The Labute approximate surface area is 120 Å². The van der Waals surface area contributed by atoms with E-state index < -0.39 is 0 Å². The lowest BCUT2D eigenvalue weighted by molar-refractivity contribution is -0.117. The third kappa shape index (κ3) is 3.97. The fourth-order valence-corrected chi connectivity index (χ4v) is 2.68. The summed E-state index contributed by atoms with van der Waals surface area (Å²) in [6, 6.07) is 7.70. The summed E-state index contributed by atoms with van der Waals surface area (Å²) >= 11 is 0. The van der Waals surface area contributed by atoms with Crippen molar-refractivity contribution in [3.63, 3.8) is 0 Å². The van der Waals surface area contributed by atoms with Crippen LogP contribution in [-0.2, 0) is 4.79 Å². The van der Waals surface area contributed by atoms with Crippen molar-refractivity contribution in [3.8, 4) is 5.75 Å². The molecule has 1 aliphatic rings. The summed E-state index contributed by atoms with van der Waals surface area (Å²) in [6.07, 6.45) is 3.80. The maximum Gasteiger partial charge on any atom is 0.224 e. The zero-order chi connectivity index (χ0) is 14.5. The van der Waals surface area contributed by atoms with Gasteiger partial charge in [0.25, 0.3) is 0 Å². The molecule has 0 unspecified atom stereocenters. The summed E-state index contributed by atoms with van der Waals surface area (Å²) in [5.74, 6) is 1.05. The van der Waals surface area contributed by atoms with Gasteiger partial charge in [-0.15, -0.1) is 0 Å². The lowest BCUT2D eigenvalue weighted by Crippen LogP contribution is -2.28. The molecule has 1 amide bonds.